The van der Waals surface area contributed by atoms with E-state index in [0.29, 0.717) is 11.3 Å². The van der Waals surface area contributed by atoms with Gasteiger partial charge in [-0.2, -0.15) is 0 Å². The molecule has 1 spiro atoms. The minimum absolute atomic E-state index is 0.0189. The van der Waals surface area contributed by atoms with Crippen LogP contribution in [-0.4, -0.2) is 47.4 Å². The maximum absolute atomic E-state index is 13.2. The predicted octanol–water partition coefficient (Wildman–Crippen LogP) is 3.41. The van der Waals surface area contributed by atoms with E-state index in [1.54, 1.807) is 0 Å². The van der Waals surface area contributed by atoms with Crippen molar-refractivity contribution >= 4 is 5.91 Å². The normalized spacial score (nSPS) is 34.9. The lowest BCUT2D eigenvalue weighted by atomic mass is 9.74. The lowest BCUT2D eigenvalue weighted by molar-refractivity contribution is -0.138. The molecule has 0 bridgehead atoms. The number of carbonyl (C=O) groups excluding carboxylic acids is 1. The summed E-state index contributed by atoms with van der Waals surface area (Å²) in [5.74, 6) is 0.349. The number of nitrogens with zero attached hydrogens (tertiary/aromatic N) is 2. The number of amides is 1. The zero-order valence-corrected chi connectivity index (χ0v) is 16.8. The van der Waals surface area contributed by atoms with Gasteiger partial charge in [-0.3, -0.25) is 9.69 Å². The first-order valence-corrected chi connectivity index (χ1v) is 10.8. The molecular weight excluding hydrogens is 334 g/mol. The molecule has 4 heteroatoms. The van der Waals surface area contributed by atoms with Gasteiger partial charge in [-0.15, -0.1) is 0 Å². The Hall–Kier alpha value is -1.39. The first kappa shape index (κ1) is 18.9. The summed E-state index contributed by atoms with van der Waals surface area (Å²) in [7, 11) is 0. The molecule has 1 aromatic rings. The van der Waals surface area contributed by atoms with Crippen LogP contribution in [0.1, 0.15) is 57.4 Å². The number of piperidine rings is 1. The van der Waals surface area contributed by atoms with Gasteiger partial charge in [0.05, 0.1) is 5.92 Å². The molecule has 1 aromatic carbocycles. The fourth-order valence-corrected chi connectivity index (χ4v) is 5.73. The van der Waals surface area contributed by atoms with Gasteiger partial charge >= 0.3 is 0 Å². The highest BCUT2D eigenvalue weighted by Crippen LogP contribution is 2.41. The molecule has 0 aromatic heterocycles. The monoisotopic (exact) mass is 369 g/mol. The van der Waals surface area contributed by atoms with Crippen LogP contribution in [0, 0.1) is 11.3 Å². The summed E-state index contributed by atoms with van der Waals surface area (Å²) in [5.41, 5.74) is 7.87. The van der Waals surface area contributed by atoms with Gasteiger partial charge in [0.2, 0.25) is 5.91 Å². The Morgan fingerprint density at radius 2 is 1.89 bits per heavy atom. The number of likely N-dealkylation sites (tertiary alicyclic amines) is 2. The lowest BCUT2D eigenvalue weighted by Crippen LogP contribution is -2.54. The van der Waals surface area contributed by atoms with Gasteiger partial charge in [-0.05, 0) is 51.1 Å². The first-order valence-electron chi connectivity index (χ1n) is 10.8. The van der Waals surface area contributed by atoms with Gasteiger partial charge in [-0.25, -0.2) is 0 Å². The molecule has 2 heterocycles. The van der Waals surface area contributed by atoms with Crippen LogP contribution in [0.5, 0.6) is 0 Å². The molecule has 2 saturated heterocycles. The number of rotatable bonds is 3. The molecule has 4 rings (SSSR count). The highest BCUT2D eigenvalue weighted by molar-refractivity contribution is 5.80. The number of nitrogens with two attached hydrogens (primary N) is 1. The summed E-state index contributed by atoms with van der Waals surface area (Å²) in [6, 6.07) is 10.8. The van der Waals surface area contributed by atoms with Crippen molar-refractivity contribution in [3.8, 4) is 0 Å². The molecule has 3 aliphatic rings. The fraction of sp³-hybridized carbons (Fsp3) is 0.696. The molecule has 3 unspecified atom stereocenters. The van der Waals surface area contributed by atoms with Gasteiger partial charge in [0, 0.05) is 37.1 Å². The third kappa shape index (κ3) is 4.07. The van der Waals surface area contributed by atoms with E-state index in [1.165, 1.54) is 24.9 Å². The maximum atomic E-state index is 13.2. The van der Waals surface area contributed by atoms with Crippen molar-refractivity contribution in [1.82, 2.24) is 9.80 Å². The summed E-state index contributed by atoms with van der Waals surface area (Å²) in [6.45, 7) is 7.27. The van der Waals surface area contributed by atoms with Crippen molar-refractivity contribution < 1.29 is 4.79 Å². The second kappa shape index (κ2) is 7.56. The smallest absolute Gasteiger partial charge is 0.227 e. The number of benzene rings is 1. The minimum Gasteiger partial charge on any atom is -0.342 e. The van der Waals surface area contributed by atoms with Crippen LogP contribution in [0.25, 0.3) is 0 Å². The van der Waals surface area contributed by atoms with Crippen LogP contribution < -0.4 is 5.73 Å². The van der Waals surface area contributed by atoms with Crippen LogP contribution in [0.4, 0.5) is 0 Å². The molecule has 1 amide bonds. The highest BCUT2D eigenvalue weighted by Gasteiger charge is 2.46. The minimum atomic E-state index is -0.322. The average molecular weight is 370 g/mol. The molecule has 0 radical (unpaired) electrons. The molecular formula is C23H35N3O. The zero-order chi connectivity index (χ0) is 18.9. The number of carbonyl (C=O) groups is 1. The van der Waals surface area contributed by atoms with Crippen molar-refractivity contribution in [2.75, 3.05) is 26.2 Å². The van der Waals surface area contributed by atoms with Crippen LogP contribution in [0.2, 0.25) is 0 Å². The first-order chi connectivity index (χ1) is 13.0. The quantitative estimate of drug-likeness (QED) is 0.888. The topological polar surface area (TPSA) is 49.6 Å². The molecule has 4 nitrogen and oxygen atoms in total. The van der Waals surface area contributed by atoms with Crippen molar-refractivity contribution in [2.24, 2.45) is 17.1 Å². The van der Waals surface area contributed by atoms with E-state index in [1.807, 2.05) is 0 Å². The van der Waals surface area contributed by atoms with Crippen molar-refractivity contribution in [1.29, 1.82) is 0 Å². The van der Waals surface area contributed by atoms with Gasteiger partial charge in [0.25, 0.3) is 0 Å². The molecule has 3 fully saturated rings. The van der Waals surface area contributed by atoms with Crippen molar-refractivity contribution in [2.45, 2.75) is 64.0 Å². The summed E-state index contributed by atoms with van der Waals surface area (Å²) in [4.78, 5) is 18.0. The lowest BCUT2D eigenvalue weighted by Gasteiger charge is -2.42. The fourth-order valence-electron chi connectivity index (χ4n) is 5.73. The van der Waals surface area contributed by atoms with Crippen molar-refractivity contribution in [3.63, 3.8) is 0 Å². The van der Waals surface area contributed by atoms with E-state index in [2.05, 4.69) is 47.1 Å². The van der Waals surface area contributed by atoms with Crippen LogP contribution >= 0.6 is 0 Å². The summed E-state index contributed by atoms with van der Waals surface area (Å²) >= 11 is 0. The predicted molar refractivity (Wildman–Crippen MR) is 109 cm³/mol. The largest absolute Gasteiger partial charge is 0.342 e. The van der Waals surface area contributed by atoms with E-state index < -0.39 is 0 Å². The van der Waals surface area contributed by atoms with E-state index in [-0.39, 0.29) is 11.5 Å². The van der Waals surface area contributed by atoms with Gasteiger partial charge in [-0.1, -0.05) is 43.2 Å². The Morgan fingerprint density at radius 3 is 2.67 bits per heavy atom. The molecule has 1 aliphatic carbocycles. The second-order valence-electron chi connectivity index (χ2n) is 9.61. The Labute approximate surface area is 164 Å². The molecule has 2 aliphatic heterocycles. The molecule has 2 N–H and O–H groups in total. The van der Waals surface area contributed by atoms with Crippen LogP contribution in [0.3, 0.4) is 0 Å². The SMILES string of the molecule is CC1(N)CCCCC1C(=O)N1CCC2(CCCN(Cc3ccccc3)C2)C1. The Balaban J connectivity index is 1.39. The van der Waals surface area contributed by atoms with E-state index in [9.17, 15) is 4.79 Å². The Morgan fingerprint density at radius 1 is 1.07 bits per heavy atom. The standard InChI is InChI=1S/C23H35N3O/c1-22(24)11-6-5-10-20(22)21(27)26-15-13-23(18-26)12-7-14-25(17-23)16-19-8-3-2-4-9-19/h2-4,8-9,20H,5-7,10-18,24H2,1H3. The molecule has 3 atom stereocenters. The van der Waals surface area contributed by atoms with E-state index >= 15 is 0 Å². The van der Waals surface area contributed by atoms with Crippen LogP contribution in [-0.2, 0) is 11.3 Å². The molecule has 27 heavy (non-hydrogen) atoms. The number of hydrogen-bond donors (Lipinski definition) is 1. The Kier molecular flexibility index (Phi) is 5.30. The van der Waals surface area contributed by atoms with E-state index in [4.69, 9.17) is 5.73 Å². The summed E-state index contributed by atoms with van der Waals surface area (Å²) in [5, 5.41) is 0. The third-order valence-electron chi connectivity index (χ3n) is 7.29. The van der Waals surface area contributed by atoms with Gasteiger partial charge in [0.15, 0.2) is 0 Å². The van der Waals surface area contributed by atoms with E-state index in [0.717, 1.165) is 58.3 Å². The van der Waals surface area contributed by atoms with Gasteiger partial charge < -0.3 is 10.6 Å². The molecule has 148 valence electrons. The van der Waals surface area contributed by atoms with Gasteiger partial charge in [0.1, 0.15) is 0 Å². The number of hydrogen-bond acceptors (Lipinski definition) is 3. The maximum Gasteiger partial charge on any atom is 0.227 e. The third-order valence-corrected chi connectivity index (χ3v) is 7.29. The summed E-state index contributed by atoms with van der Waals surface area (Å²) in [6.07, 6.45) is 7.91. The molecule has 1 saturated carbocycles. The highest BCUT2D eigenvalue weighted by atomic mass is 16.2. The Bertz CT molecular complexity index is 659. The second-order valence-corrected chi connectivity index (χ2v) is 9.61. The summed E-state index contributed by atoms with van der Waals surface area (Å²) < 4.78 is 0. The van der Waals surface area contributed by atoms with Crippen molar-refractivity contribution in [3.05, 3.63) is 35.9 Å². The average Bonchev–Trinajstić information content (AvgIpc) is 3.05. The van der Waals surface area contributed by atoms with Crippen LogP contribution in [0.15, 0.2) is 30.3 Å². The zero-order valence-electron chi connectivity index (χ0n) is 16.8.